The van der Waals surface area contributed by atoms with Crippen molar-refractivity contribution in [2.45, 2.75) is 330 Å². The van der Waals surface area contributed by atoms with Gasteiger partial charge in [0.1, 0.15) is 67.1 Å². The number of aliphatic hydroxyl groups excluding tert-OH is 11. The number of aliphatic hydroxyl groups is 11. The van der Waals surface area contributed by atoms with Crippen LogP contribution in [-0.2, 0) is 42.8 Å². The molecule has 0 aliphatic carbocycles. The summed E-state index contributed by atoms with van der Waals surface area (Å²) in [5.74, 6) is -6.15. The maximum Gasteiger partial charge on any atom is 0.364 e. The first kappa shape index (κ1) is 77.5. The van der Waals surface area contributed by atoms with Gasteiger partial charge in [0.25, 0.3) is 5.79 Å². The Kier molecular flexibility index (Phi) is 40.2. The summed E-state index contributed by atoms with van der Waals surface area (Å²) in [4.78, 5) is 38.4. The molecule has 0 aromatic rings. The van der Waals surface area contributed by atoms with Crippen LogP contribution in [0.15, 0.2) is 24.3 Å². The highest BCUT2D eigenvalue weighted by atomic mass is 16.8. The number of carbonyl (C=O) groups excluding carboxylic acids is 2. The van der Waals surface area contributed by atoms with Crippen LogP contribution in [0.5, 0.6) is 0 Å². The molecule has 502 valence electrons. The van der Waals surface area contributed by atoms with Crippen molar-refractivity contribution in [3.05, 3.63) is 24.3 Å². The fraction of sp³-hybridized carbons (Fsp3) is 0.889. The highest BCUT2D eigenvalue weighted by molar-refractivity contribution is 5.77. The van der Waals surface area contributed by atoms with E-state index in [4.69, 9.17) is 28.4 Å². The second-order valence-corrected chi connectivity index (χ2v) is 24.0. The number of hydrogen-bond acceptors (Lipinski definition) is 20. The lowest BCUT2D eigenvalue weighted by Gasteiger charge is -2.50. The van der Waals surface area contributed by atoms with E-state index >= 15 is 0 Å². The lowest BCUT2D eigenvalue weighted by molar-refractivity contribution is -0.386. The lowest BCUT2D eigenvalue weighted by atomic mass is 9.88. The van der Waals surface area contributed by atoms with Gasteiger partial charge in [-0.2, -0.15) is 0 Å². The minimum absolute atomic E-state index is 0.198. The van der Waals surface area contributed by atoms with Crippen LogP contribution in [0.1, 0.15) is 220 Å². The Hall–Kier alpha value is -2.79. The van der Waals surface area contributed by atoms with Crippen LogP contribution >= 0.6 is 0 Å². The Morgan fingerprint density at radius 2 is 1.09 bits per heavy atom. The van der Waals surface area contributed by atoms with E-state index in [-0.39, 0.29) is 12.3 Å². The minimum atomic E-state index is -3.08. The molecular weight excluding hydrogens is 1120 g/mol. The zero-order chi connectivity index (χ0) is 63.3. The number of allylic oxidation sites excluding steroid dienone is 3. The number of ether oxygens (including phenoxy) is 6. The average Bonchev–Trinajstić information content (AvgIpc) is 2.74. The van der Waals surface area contributed by atoms with Crippen molar-refractivity contribution >= 4 is 17.8 Å². The monoisotopic (exact) mass is 1230 g/mol. The first-order chi connectivity index (χ1) is 41.4. The van der Waals surface area contributed by atoms with Crippen molar-refractivity contribution in [1.82, 2.24) is 10.6 Å². The summed E-state index contributed by atoms with van der Waals surface area (Å²) < 4.78 is 34.7. The van der Waals surface area contributed by atoms with E-state index < -0.39 is 155 Å². The fourth-order valence-electron chi connectivity index (χ4n) is 11.3. The van der Waals surface area contributed by atoms with Crippen molar-refractivity contribution in [1.29, 1.82) is 0 Å². The summed E-state index contributed by atoms with van der Waals surface area (Å²) in [6.07, 6.45) is 12.3. The third-order valence-corrected chi connectivity index (χ3v) is 16.6. The maximum absolute atomic E-state index is 13.4. The standard InChI is InChI=1S/C63H114N2O21/c1-4-6-8-10-12-14-16-18-19-20-21-22-23-25-27-29-31-33-35-37-50(73)65-44(45(70)36-34-32-30-28-26-24-17-15-13-11-9-7-5-2)42-81-60-55(77)54(76)57(49(41-68)83-60)84-61-56(78)59(53(75)48(40-67)82-61)86-63(62(79)80)38-46(71)51(64-43(3)69)58(85-63)52(74)47(72)39-66/h18-19,34,36,44-49,51-61,66-68,70-72,74-78H,4-17,20-33,35,37-42H2,1-3H3,(H,64,69)(H,65,73)(H,79,80)/t44-,45+,46-,47+,48+,49+,51+,52+,53-,54+,55+,56+,57+,58?,59-,60+,61-,63-/m0/s1. The van der Waals surface area contributed by atoms with Crippen molar-refractivity contribution in [3.8, 4) is 0 Å². The van der Waals surface area contributed by atoms with Gasteiger partial charge in [-0.3, -0.25) is 9.59 Å². The second-order valence-electron chi connectivity index (χ2n) is 24.0. The number of rotatable bonds is 48. The van der Waals surface area contributed by atoms with Crippen LogP contribution in [0.4, 0.5) is 0 Å². The zero-order valence-electron chi connectivity index (χ0n) is 51.9. The largest absolute Gasteiger partial charge is 0.477 e. The minimum Gasteiger partial charge on any atom is -0.477 e. The number of nitrogens with one attached hydrogen (secondary N) is 2. The van der Waals surface area contributed by atoms with E-state index in [0.717, 1.165) is 58.3 Å². The van der Waals surface area contributed by atoms with Crippen molar-refractivity contribution < 1.29 is 104 Å². The van der Waals surface area contributed by atoms with Crippen LogP contribution in [0.2, 0.25) is 0 Å². The van der Waals surface area contributed by atoms with E-state index in [9.17, 15) is 75.7 Å². The molecular formula is C63H114N2O21. The second kappa shape index (κ2) is 44.6. The van der Waals surface area contributed by atoms with Gasteiger partial charge in [-0.1, -0.05) is 179 Å². The number of unbranched alkanes of at least 4 members (excludes halogenated alkanes) is 26. The third-order valence-electron chi connectivity index (χ3n) is 16.6. The summed E-state index contributed by atoms with van der Waals surface area (Å²) in [6.45, 7) is 2.10. The van der Waals surface area contributed by atoms with E-state index in [1.807, 2.05) is 6.08 Å². The molecule has 0 aromatic carbocycles. The van der Waals surface area contributed by atoms with Gasteiger partial charge in [0.15, 0.2) is 12.6 Å². The van der Waals surface area contributed by atoms with Crippen LogP contribution < -0.4 is 10.6 Å². The van der Waals surface area contributed by atoms with Crippen LogP contribution in [0.3, 0.4) is 0 Å². The molecule has 23 nitrogen and oxygen atoms in total. The van der Waals surface area contributed by atoms with Crippen molar-refractivity contribution in [3.63, 3.8) is 0 Å². The summed E-state index contributed by atoms with van der Waals surface area (Å²) in [5, 5.41) is 136. The molecule has 3 aliphatic rings. The Balaban J connectivity index is 1.63. The molecule has 0 radical (unpaired) electrons. The molecule has 3 aliphatic heterocycles. The molecule has 1 unspecified atom stereocenters. The van der Waals surface area contributed by atoms with Gasteiger partial charge in [0.2, 0.25) is 11.8 Å². The third kappa shape index (κ3) is 27.8. The van der Waals surface area contributed by atoms with Crippen LogP contribution in [-0.4, -0.2) is 215 Å². The average molecular weight is 1240 g/mol. The summed E-state index contributed by atoms with van der Waals surface area (Å²) in [7, 11) is 0. The van der Waals surface area contributed by atoms with E-state index in [0.29, 0.717) is 12.8 Å². The maximum atomic E-state index is 13.4. The van der Waals surface area contributed by atoms with Crippen LogP contribution in [0.25, 0.3) is 0 Å². The van der Waals surface area contributed by atoms with Gasteiger partial charge in [0.05, 0.1) is 50.7 Å². The van der Waals surface area contributed by atoms with Gasteiger partial charge < -0.3 is 100 Å². The van der Waals surface area contributed by atoms with E-state index in [1.165, 1.54) is 122 Å². The first-order valence-corrected chi connectivity index (χ1v) is 32.7. The highest BCUT2D eigenvalue weighted by Gasteiger charge is 2.60. The molecule has 86 heavy (non-hydrogen) atoms. The lowest BCUT2D eigenvalue weighted by Crippen LogP contribution is -2.70. The van der Waals surface area contributed by atoms with Gasteiger partial charge in [-0.15, -0.1) is 0 Å². The number of aliphatic carboxylic acids is 1. The first-order valence-electron chi connectivity index (χ1n) is 32.7. The predicted molar refractivity (Wildman–Crippen MR) is 320 cm³/mol. The Bertz CT molecular complexity index is 1850. The van der Waals surface area contributed by atoms with E-state index in [1.54, 1.807) is 6.08 Å². The Morgan fingerprint density at radius 3 is 1.58 bits per heavy atom. The molecule has 3 saturated heterocycles. The van der Waals surface area contributed by atoms with Crippen LogP contribution in [0, 0.1) is 0 Å². The number of amides is 2. The molecule has 0 spiro atoms. The topological polar surface area (TPSA) is 373 Å². The predicted octanol–water partition coefficient (Wildman–Crippen LogP) is 4.50. The van der Waals surface area contributed by atoms with Gasteiger partial charge >= 0.3 is 5.97 Å². The molecule has 18 atom stereocenters. The molecule has 0 bridgehead atoms. The summed E-state index contributed by atoms with van der Waals surface area (Å²) in [6, 6.07) is -2.62. The molecule has 3 rings (SSSR count). The summed E-state index contributed by atoms with van der Waals surface area (Å²) >= 11 is 0. The number of carboxylic acids is 1. The van der Waals surface area contributed by atoms with Gasteiger partial charge in [0, 0.05) is 19.8 Å². The SMILES string of the molecule is CCCCCCCCC=CCCCCCCCCCCCC(=O)N[C@@H](CO[C@@H]1O[C@H](CO)[C@@H](O[C@@H]2O[C@H](CO)[C@H](O)[C@H](O[C@]3(C(=O)O)C[C@H](O)[C@@H](NC(C)=O)C([C@H](O)[C@H](O)CO)O3)[C@H]2O)[C@H](O)[C@H]1O)[C@H](O)C=CCCCCCCCCCCCCC. The molecule has 23 heteroatoms. The highest BCUT2D eigenvalue weighted by Crippen LogP contribution is 2.38. The molecule has 2 amide bonds. The summed E-state index contributed by atoms with van der Waals surface area (Å²) in [5.41, 5.74) is 0. The van der Waals surface area contributed by atoms with Gasteiger partial charge in [-0.05, 0) is 44.9 Å². The fourth-order valence-corrected chi connectivity index (χ4v) is 11.3. The van der Waals surface area contributed by atoms with E-state index in [2.05, 4.69) is 36.6 Å². The number of carbonyl (C=O) groups is 3. The zero-order valence-corrected chi connectivity index (χ0v) is 51.9. The molecule has 3 heterocycles. The number of hydrogen-bond donors (Lipinski definition) is 14. The Morgan fingerprint density at radius 1 is 0.605 bits per heavy atom. The van der Waals surface area contributed by atoms with Crippen molar-refractivity contribution in [2.24, 2.45) is 0 Å². The molecule has 14 N–H and O–H groups in total. The normalized spacial score (nSPS) is 29.5. The molecule has 3 fully saturated rings. The van der Waals surface area contributed by atoms with Gasteiger partial charge in [-0.25, -0.2) is 4.79 Å². The Labute approximate surface area is 511 Å². The smallest absolute Gasteiger partial charge is 0.364 e. The molecule has 0 aromatic heterocycles. The molecule has 0 saturated carbocycles. The number of carboxylic acid groups (broad SMARTS) is 1. The quantitative estimate of drug-likeness (QED) is 0.0294. The van der Waals surface area contributed by atoms with Crippen molar-refractivity contribution in [2.75, 3.05) is 26.4 Å².